The van der Waals surface area contributed by atoms with Gasteiger partial charge in [0.1, 0.15) is 12.4 Å². The molecule has 1 N–H and O–H groups in total. The molecule has 0 bridgehead atoms. The Kier molecular flexibility index (Phi) is 4.74. The van der Waals surface area contributed by atoms with Crippen molar-refractivity contribution in [2.75, 3.05) is 6.54 Å². The summed E-state index contributed by atoms with van der Waals surface area (Å²) in [6.45, 7) is 5.09. The number of rotatable bonds is 3. The van der Waals surface area contributed by atoms with Gasteiger partial charge in [-0.2, -0.15) is 0 Å². The molecule has 0 saturated carbocycles. The molecule has 0 aliphatic carbocycles. The lowest BCUT2D eigenvalue weighted by Gasteiger charge is -2.39. The van der Waals surface area contributed by atoms with Crippen LogP contribution >= 0.6 is 0 Å². The minimum absolute atomic E-state index is 0.0300. The summed E-state index contributed by atoms with van der Waals surface area (Å²) in [5.41, 5.74) is 3.20. The van der Waals surface area contributed by atoms with Crippen LogP contribution in [-0.4, -0.2) is 22.6 Å². The largest absolute Gasteiger partial charge is 0.508 e. The third-order valence-corrected chi connectivity index (χ3v) is 4.47. The fourth-order valence-corrected chi connectivity index (χ4v) is 3.37. The molecule has 126 valence electrons. The standard InChI is InChI=1S/C20H23NO3/c1-14(2)19-18-9-8-17(22)12-16(18)10-11-21(19)20(23)24-13-15-6-4-3-5-7-15/h3-9,12,14,19,22H,10-11,13H2,1-2H3. The van der Waals surface area contributed by atoms with Gasteiger partial charge in [-0.05, 0) is 41.2 Å². The summed E-state index contributed by atoms with van der Waals surface area (Å²) in [5, 5.41) is 9.69. The Hall–Kier alpha value is -2.49. The average Bonchev–Trinajstić information content (AvgIpc) is 2.59. The van der Waals surface area contributed by atoms with E-state index < -0.39 is 0 Å². The van der Waals surface area contributed by atoms with E-state index in [1.807, 2.05) is 41.3 Å². The van der Waals surface area contributed by atoms with E-state index in [0.717, 1.165) is 23.1 Å². The summed E-state index contributed by atoms with van der Waals surface area (Å²) in [7, 11) is 0. The van der Waals surface area contributed by atoms with Crippen LogP contribution in [0, 0.1) is 5.92 Å². The molecule has 0 saturated heterocycles. The summed E-state index contributed by atoms with van der Waals surface area (Å²) in [5.74, 6) is 0.536. The van der Waals surface area contributed by atoms with Gasteiger partial charge in [-0.25, -0.2) is 4.79 Å². The Morgan fingerprint density at radius 2 is 2.00 bits per heavy atom. The molecular weight excluding hydrogens is 302 g/mol. The second-order valence-corrected chi connectivity index (χ2v) is 6.56. The molecule has 0 aromatic heterocycles. The predicted octanol–water partition coefficient (Wildman–Crippen LogP) is 4.28. The topological polar surface area (TPSA) is 49.8 Å². The van der Waals surface area contributed by atoms with E-state index >= 15 is 0 Å². The molecule has 3 rings (SSSR count). The molecule has 1 unspecified atom stereocenters. The zero-order valence-corrected chi connectivity index (χ0v) is 14.1. The van der Waals surface area contributed by atoms with Crippen LogP contribution in [0.15, 0.2) is 48.5 Å². The second kappa shape index (κ2) is 6.95. The van der Waals surface area contributed by atoms with Gasteiger partial charge < -0.3 is 14.7 Å². The van der Waals surface area contributed by atoms with Crippen molar-refractivity contribution in [1.29, 1.82) is 0 Å². The fraction of sp³-hybridized carbons (Fsp3) is 0.350. The number of amides is 1. The summed E-state index contributed by atoms with van der Waals surface area (Å²) < 4.78 is 5.52. The Labute approximate surface area is 142 Å². The van der Waals surface area contributed by atoms with Crippen LogP contribution in [0.25, 0.3) is 0 Å². The fourth-order valence-electron chi connectivity index (χ4n) is 3.37. The monoisotopic (exact) mass is 325 g/mol. The third-order valence-electron chi connectivity index (χ3n) is 4.47. The summed E-state index contributed by atoms with van der Waals surface area (Å²) in [6, 6.07) is 15.1. The number of aromatic hydroxyl groups is 1. The number of fused-ring (bicyclic) bond motifs is 1. The smallest absolute Gasteiger partial charge is 0.410 e. The van der Waals surface area contributed by atoms with Crippen molar-refractivity contribution in [2.45, 2.75) is 32.9 Å². The van der Waals surface area contributed by atoms with E-state index in [1.54, 1.807) is 12.1 Å². The SMILES string of the molecule is CC(C)C1c2ccc(O)cc2CCN1C(=O)OCc1ccccc1. The van der Waals surface area contributed by atoms with Crippen LogP contribution in [-0.2, 0) is 17.8 Å². The van der Waals surface area contributed by atoms with Gasteiger partial charge in [-0.3, -0.25) is 0 Å². The summed E-state index contributed by atoms with van der Waals surface area (Å²) in [4.78, 5) is 14.4. The van der Waals surface area contributed by atoms with E-state index in [-0.39, 0.29) is 30.4 Å². The number of benzene rings is 2. The normalized spacial score (nSPS) is 16.8. The highest BCUT2D eigenvalue weighted by atomic mass is 16.6. The molecular formula is C20H23NO3. The Morgan fingerprint density at radius 3 is 2.71 bits per heavy atom. The zero-order chi connectivity index (χ0) is 17.1. The molecule has 4 nitrogen and oxygen atoms in total. The van der Waals surface area contributed by atoms with Gasteiger partial charge in [-0.1, -0.05) is 50.2 Å². The Balaban J connectivity index is 1.77. The van der Waals surface area contributed by atoms with E-state index in [2.05, 4.69) is 13.8 Å². The number of nitrogens with zero attached hydrogens (tertiary/aromatic N) is 1. The van der Waals surface area contributed by atoms with Crippen LogP contribution in [0.5, 0.6) is 5.75 Å². The lowest BCUT2D eigenvalue weighted by atomic mass is 9.86. The number of phenols is 1. The van der Waals surface area contributed by atoms with Gasteiger partial charge in [0.25, 0.3) is 0 Å². The van der Waals surface area contributed by atoms with Crippen LogP contribution in [0.4, 0.5) is 4.79 Å². The first-order chi connectivity index (χ1) is 11.6. The number of carbonyl (C=O) groups excluding carboxylic acids is 1. The van der Waals surface area contributed by atoms with Gasteiger partial charge in [-0.15, -0.1) is 0 Å². The highest BCUT2D eigenvalue weighted by molar-refractivity contribution is 5.69. The number of phenolic OH excluding ortho intramolecular Hbond substituents is 1. The lowest BCUT2D eigenvalue weighted by molar-refractivity contribution is 0.0664. The summed E-state index contributed by atoms with van der Waals surface area (Å²) >= 11 is 0. The highest BCUT2D eigenvalue weighted by Crippen LogP contribution is 2.37. The van der Waals surface area contributed by atoms with E-state index in [9.17, 15) is 9.90 Å². The quantitative estimate of drug-likeness (QED) is 0.916. The molecule has 4 heteroatoms. The van der Waals surface area contributed by atoms with Gasteiger partial charge in [0.2, 0.25) is 0 Å². The summed E-state index contributed by atoms with van der Waals surface area (Å²) in [6.07, 6.45) is 0.448. The van der Waals surface area contributed by atoms with E-state index in [1.165, 1.54) is 0 Å². The zero-order valence-electron chi connectivity index (χ0n) is 14.1. The van der Waals surface area contributed by atoms with Crippen LogP contribution in [0.3, 0.4) is 0 Å². The molecule has 0 fully saturated rings. The number of hydrogen-bond acceptors (Lipinski definition) is 3. The third kappa shape index (κ3) is 3.37. The van der Waals surface area contributed by atoms with Crippen molar-refractivity contribution < 1.29 is 14.6 Å². The van der Waals surface area contributed by atoms with E-state index in [0.29, 0.717) is 6.54 Å². The van der Waals surface area contributed by atoms with Crippen molar-refractivity contribution in [2.24, 2.45) is 5.92 Å². The molecule has 0 spiro atoms. The molecule has 1 aliphatic rings. The Bertz CT molecular complexity index is 712. The molecule has 0 radical (unpaired) electrons. The molecule has 1 atom stereocenters. The van der Waals surface area contributed by atoms with Gasteiger partial charge >= 0.3 is 6.09 Å². The van der Waals surface area contributed by atoms with Gasteiger partial charge in [0.05, 0.1) is 6.04 Å². The molecule has 1 amide bonds. The van der Waals surface area contributed by atoms with E-state index in [4.69, 9.17) is 4.74 Å². The number of ether oxygens (including phenoxy) is 1. The number of hydrogen-bond donors (Lipinski definition) is 1. The lowest BCUT2D eigenvalue weighted by Crippen LogP contribution is -2.42. The first kappa shape index (κ1) is 16.4. The average molecular weight is 325 g/mol. The van der Waals surface area contributed by atoms with Crippen molar-refractivity contribution in [3.05, 3.63) is 65.2 Å². The molecule has 2 aromatic rings. The van der Waals surface area contributed by atoms with Crippen LogP contribution in [0.1, 0.15) is 36.6 Å². The van der Waals surface area contributed by atoms with Crippen molar-refractivity contribution >= 4 is 6.09 Å². The molecule has 24 heavy (non-hydrogen) atoms. The van der Waals surface area contributed by atoms with Crippen LogP contribution in [0.2, 0.25) is 0 Å². The number of carbonyl (C=O) groups is 1. The second-order valence-electron chi connectivity index (χ2n) is 6.56. The maximum Gasteiger partial charge on any atom is 0.410 e. The van der Waals surface area contributed by atoms with Crippen molar-refractivity contribution in [3.8, 4) is 5.75 Å². The van der Waals surface area contributed by atoms with Gasteiger partial charge in [0.15, 0.2) is 0 Å². The highest BCUT2D eigenvalue weighted by Gasteiger charge is 2.33. The Morgan fingerprint density at radius 1 is 1.25 bits per heavy atom. The van der Waals surface area contributed by atoms with Crippen molar-refractivity contribution in [1.82, 2.24) is 4.90 Å². The predicted molar refractivity (Wildman–Crippen MR) is 92.7 cm³/mol. The van der Waals surface area contributed by atoms with Crippen molar-refractivity contribution in [3.63, 3.8) is 0 Å². The van der Waals surface area contributed by atoms with Crippen LogP contribution < -0.4 is 0 Å². The first-order valence-corrected chi connectivity index (χ1v) is 8.35. The minimum Gasteiger partial charge on any atom is -0.508 e. The maximum atomic E-state index is 12.6. The molecule has 2 aromatic carbocycles. The van der Waals surface area contributed by atoms with Gasteiger partial charge in [0, 0.05) is 6.54 Å². The first-order valence-electron chi connectivity index (χ1n) is 8.35. The maximum absolute atomic E-state index is 12.6. The minimum atomic E-state index is -0.281. The molecule has 1 heterocycles. The molecule has 1 aliphatic heterocycles.